The Labute approximate surface area is 200 Å². The summed E-state index contributed by atoms with van der Waals surface area (Å²) < 4.78 is 15.7. The number of hydrogen-bond acceptors (Lipinski definition) is 6. The number of carbonyl (C=O) groups is 2. The van der Waals surface area contributed by atoms with Crippen molar-refractivity contribution >= 4 is 17.6 Å². The van der Waals surface area contributed by atoms with Crippen molar-refractivity contribution in [2.45, 2.75) is 19.4 Å². The van der Waals surface area contributed by atoms with E-state index in [0.717, 1.165) is 22.6 Å². The molecule has 0 saturated carbocycles. The van der Waals surface area contributed by atoms with Crippen molar-refractivity contribution in [3.8, 4) is 11.5 Å². The number of amides is 3. The van der Waals surface area contributed by atoms with Crippen molar-refractivity contribution in [3.63, 3.8) is 0 Å². The van der Waals surface area contributed by atoms with Gasteiger partial charge in [-0.2, -0.15) is 5.10 Å². The van der Waals surface area contributed by atoms with Crippen molar-refractivity contribution in [3.05, 3.63) is 59.7 Å². The second kappa shape index (κ2) is 12.0. The Balaban J connectivity index is 1.90. The molecule has 2 aromatic carbocycles. The molecule has 1 atom stereocenters. The summed E-state index contributed by atoms with van der Waals surface area (Å²) in [5.74, 6) is 1.17. The monoisotopic (exact) mass is 468 g/mol. The smallest absolute Gasteiger partial charge is 0.317 e. The van der Waals surface area contributed by atoms with Crippen molar-refractivity contribution in [2.24, 2.45) is 5.10 Å². The van der Waals surface area contributed by atoms with Crippen LogP contribution in [0.3, 0.4) is 0 Å². The normalized spacial score (nSPS) is 15.0. The quantitative estimate of drug-likeness (QED) is 0.579. The zero-order valence-corrected chi connectivity index (χ0v) is 20.1. The predicted octanol–water partition coefficient (Wildman–Crippen LogP) is 3.06. The third-order valence-corrected chi connectivity index (χ3v) is 5.58. The molecule has 0 spiro atoms. The number of hydrogen-bond donors (Lipinski definition) is 1. The summed E-state index contributed by atoms with van der Waals surface area (Å²) >= 11 is 0. The minimum absolute atomic E-state index is 0.114. The predicted molar refractivity (Wildman–Crippen MR) is 129 cm³/mol. The molecule has 0 unspecified atom stereocenters. The number of benzene rings is 2. The number of ether oxygens (including phenoxy) is 3. The maximum Gasteiger partial charge on any atom is 0.317 e. The molecular weight excluding hydrogens is 436 g/mol. The van der Waals surface area contributed by atoms with Gasteiger partial charge in [-0.1, -0.05) is 24.3 Å². The lowest BCUT2D eigenvalue weighted by Crippen LogP contribution is -2.47. The van der Waals surface area contributed by atoms with Crippen molar-refractivity contribution in [2.75, 3.05) is 47.6 Å². The Bertz CT molecular complexity index is 1010. The number of nitrogens with zero attached hydrogens (tertiary/aromatic N) is 3. The number of nitrogens with one attached hydrogen (secondary N) is 1. The average molecular weight is 469 g/mol. The highest BCUT2D eigenvalue weighted by molar-refractivity contribution is 6.03. The highest BCUT2D eigenvalue weighted by Gasteiger charge is 2.34. The summed E-state index contributed by atoms with van der Waals surface area (Å²) in [5, 5.41) is 8.93. The molecule has 9 nitrogen and oxygen atoms in total. The van der Waals surface area contributed by atoms with Crippen LogP contribution in [0, 0.1) is 0 Å². The second-order valence-corrected chi connectivity index (χ2v) is 7.76. The van der Waals surface area contributed by atoms with E-state index < -0.39 is 0 Å². The van der Waals surface area contributed by atoms with Crippen LogP contribution in [0.2, 0.25) is 0 Å². The average Bonchev–Trinajstić information content (AvgIpc) is 3.32. The fourth-order valence-corrected chi connectivity index (χ4v) is 3.76. The van der Waals surface area contributed by atoms with Crippen LogP contribution in [-0.4, -0.2) is 75.1 Å². The van der Waals surface area contributed by atoms with Crippen LogP contribution in [0.1, 0.15) is 30.5 Å². The maximum absolute atomic E-state index is 13.4. The third-order valence-electron chi connectivity index (χ3n) is 5.58. The molecule has 1 N–H and O–H groups in total. The van der Waals surface area contributed by atoms with E-state index in [1.807, 2.05) is 55.5 Å². The highest BCUT2D eigenvalue weighted by Crippen LogP contribution is 2.34. The first-order valence-corrected chi connectivity index (χ1v) is 11.2. The first-order valence-electron chi connectivity index (χ1n) is 11.2. The molecular formula is C25H32N4O5. The molecule has 1 aliphatic rings. The van der Waals surface area contributed by atoms with Gasteiger partial charge in [0.05, 0.1) is 32.6 Å². The third kappa shape index (κ3) is 6.05. The number of carbonyl (C=O) groups excluding carboxylic acids is 2. The van der Waals surface area contributed by atoms with E-state index in [4.69, 9.17) is 19.3 Å². The maximum atomic E-state index is 13.4. The van der Waals surface area contributed by atoms with Crippen LogP contribution in [-0.2, 0) is 9.53 Å². The van der Waals surface area contributed by atoms with E-state index in [0.29, 0.717) is 31.9 Å². The lowest BCUT2D eigenvalue weighted by Gasteiger charge is -2.27. The lowest BCUT2D eigenvalue weighted by atomic mass is 9.98. The number of rotatable bonds is 10. The molecule has 0 aliphatic carbocycles. The molecule has 3 rings (SSSR count). The topological polar surface area (TPSA) is 92.7 Å². The van der Waals surface area contributed by atoms with Gasteiger partial charge in [0, 0.05) is 32.2 Å². The summed E-state index contributed by atoms with van der Waals surface area (Å²) in [6.07, 6.45) is 0.532. The van der Waals surface area contributed by atoms with Gasteiger partial charge in [-0.05, 0) is 36.8 Å². The van der Waals surface area contributed by atoms with Crippen LogP contribution in [0.5, 0.6) is 11.5 Å². The van der Waals surface area contributed by atoms with Crippen LogP contribution in [0.15, 0.2) is 53.6 Å². The molecule has 2 aromatic rings. The van der Waals surface area contributed by atoms with E-state index >= 15 is 0 Å². The largest absolute Gasteiger partial charge is 0.497 e. The molecule has 182 valence electrons. The Hall–Kier alpha value is -3.59. The zero-order valence-electron chi connectivity index (χ0n) is 20.1. The molecule has 34 heavy (non-hydrogen) atoms. The lowest BCUT2D eigenvalue weighted by molar-refractivity contribution is -0.133. The van der Waals surface area contributed by atoms with Gasteiger partial charge in [-0.15, -0.1) is 0 Å². The minimum atomic E-state index is -0.315. The van der Waals surface area contributed by atoms with E-state index in [1.54, 1.807) is 21.3 Å². The van der Waals surface area contributed by atoms with Crippen molar-refractivity contribution in [1.82, 2.24) is 15.2 Å². The summed E-state index contributed by atoms with van der Waals surface area (Å²) in [6.45, 7) is 2.80. The first kappa shape index (κ1) is 25.0. The molecule has 9 heteroatoms. The number of hydrazone groups is 1. The molecule has 1 aliphatic heterocycles. The van der Waals surface area contributed by atoms with Crippen molar-refractivity contribution in [1.29, 1.82) is 0 Å². The second-order valence-electron chi connectivity index (χ2n) is 7.76. The van der Waals surface area contributed by atoms with E-state index in [1.165, 1.54) is 9.91 Å². The standard InChI is InChI=1S/C25H32N4O5/c1-5-26-25(31)28(13-14-32-2)17-24(30)29-23(18-9-11-20(33-3)12-10-18)16-22(27-29)19-7-6-8-21(15-19)34-4/h6-12,15,23H,5,13-14,16-17H2,1-4H3,(H,26,31)/t23-/m0/s1. The molecule has 0 saturated heterocycles. The van der Waals surface area contributed by atoms with Crippen LogP contribution >= 0.6 is 0 Å². The Morgan fingerprint density at radius 1 is 1.09 bits per heavy atom. The van der Waals surface area contributed by atoms with Gasteiger partial charge in [0.15, 0.2) is 0 Å². The molecule has 0 radical (unpaired) electrons. The fourth-order valence-electron chi connectivity index (χ4n) is 3.76. The van der Waals surface area contributed by atoms with Gasteiger partial charge in [-0.25, -0.2) is 9.80 Å². The van der Waals surface area contributed by atoms with Gasteiger partial charge in [-0.3, -0.25) is 4.79 Å². The SMILES string of the molecule is CCNC(=O)N(CCOC)CC(=O)N1N=C(c2cccc(OC)c2)C[C@H]1c1ccc(OC)cc1. The van der Waals surface area contributed by atoms with Crippen molar-refractivity contribution < 1.29 is 23.8 Å². The van der Waals surface area contributed by atoms with Gasteiger partial charge in [0.25, 0.3) is 5.91 Å². The zero-order chi connectivity index (χ0) is 24.5. The van der Waals surface area contributed by atoms with Gasteiger partial charge in [0.2, 0.25) is 0 Å². The van der Waals surface area contributed by atoms with E-state index in [2.05, 4.69) is 5.32 Å². The Kier molecular flexibility index (Phi) is 8.86. The van der Waals surface area contributed by atoms with E-state index in [-0.39, 0.29) is 24.5 Å². The summed E-state index contributed by atoms with van der Waals surface area (Å²) in [5.41, 5.74) is 2.58. The van der Waals surface area contributed by atoms with Gasteiger partial charge in [0.1, 0.15) is 18.0 Å². The molecule has 0 aromatic heterocycles. The van der Waals surface area contributed by atoms with E-state index in [9.17, 15) is 9.59 Å². The van der Waals surface area contributed by atoms with Crippen LogP contribution in [0.25, 0.3) is 0 Å². The number of urea groups is 1. The molecule has 0 bridgehead atoms. The Morgan fingerprint density at radius 2 is 1.82 bits per heavy atom. The van der Waals surface area contributed by atoms with Gasteiger partial charge >= 0.3 is 6.03 Å². The summed E-state index contributed by atoms with van der Waals surface area (Å²) in [7, 11) is 4.78. The number of methoxy groups -OCH3 is 3. The first-order chi connectivity index (χ1) is 16.5. The summed E-state index contributed by atoms with van der Waals surface area (Å²) in [4.78, 5) is 27.4. The molecule has 1 heterocycles. The van der Waals surface area contributed by atoms with Crippen LogP contribution < -0.4 is 14.8 Å². The Morgan fingerprint density at radius 3 is 2.47 bits per heavy atom. The summed E-state index contributed by atoms with van der Waals surface area (Å²) in [6, 6.07) is 14.6. The van der Waals surface area contributed by atoms with Gasteiger partial charge < -0.3 is 24.4 Å². The molecule has 3 amide bonds. The van der Waals surface area contributed by atoms with Crippen LogP contribution in [0.4, 0.5) is 4.79 Å². The fraction of sp³-hybridized carbons (Fsp3) is 0.400. The molecule has 0 fully saturated rings. The minimum Gasteiger partial charge on any atom is -0.497 e. The highest BCUT2D eigenvalue weighted by atomic mass is 16.5.